The molecule has 0 N–H and O–H groups in total. The first-order valence-electron chi connectivity index (χ1n) is 2.69. The zero-order chi connectivity index (χ0) is 5.54. The van der Waals surface area contributed by atoms with E-state index in [0.29, 0.717) is 0 Å². The molecule has 0 heterocycles. The molecule has 0 nitrogen and oxygen atoms in total. The predicted molar refractivity (Wildman–Crippen MR) is 34.3 cm³/mol. The Morgan fingerprint density at radius 3 is 2.57 bits per heavy atom. The van der Waals surface area contributed by atoms with Gasteiger partial charge < -0.3 is 0 Å². The van der Waals surface area contributed by atoms with Crippen molar-refractivity contribution < 1.29 is 0 Å². The van der Waals surface area contributed by atoms with E-state index in [1.54, 1.807) is 0 Å². The summed E-state index contributed by atoms with van der Waals surface area (Å²) in [5.74, 6) is 0. The van der Waals surface area contributed by atoms with E-state index < -0.39 is 0 Å². The summed E-state index contributed by atoms with van der Waals surface area (Å²) in [5, 5.41) is 0. The first kappa shape index (κ1) is 7.08. The molecule has 0 radical (unpaired) electrons. The SMILES string of the molecule is [Li][CH]=CC=CCC. The molecule has 0 amide bonds. The molecule has 0 aromatic carbocycles. The van der Waals surface area contributed by atoms with Crippen molar-refractivity contribution >= 4 is 17.7 Å². The second kappa shape index (κ2) is 6.08. The summed E-state index contributed by atoms with van der Waals surface area (Å²) in [4.78, 5) is 0. The fourth-order valence-electron chi connectivity index (χ4n) is 0.326. The molecule has 0 saturated heterocycles. The summed E-state index contributed by atoms with van der Waals surface area (Å²) in [6.07, 6.45) is 7.34. The second-order valence-corrected chi connectivity index (χ2v) is 1.36. The minimum absolute atomic E-state index is 1.13. The van der Waals surface area contributed by atoms with E-state index in [1.807, 2.05) is 28.5 Å². The minimum atomic E-state index is 1.13. The summed E-state index contributed by atoms with van der Waals surface area (Å²) < 4.78 is 2.02. The standard InChI is InChI=1S/C6H9.Li/c1-3-5-6-4-2;/h1,3,5-6H,4H2,2H3;. The van der Waals surface area contributed by atoms with Gasteiger partial charge in [0.2, 0.25) is 0 Å². The Hall–Kier alpha value is 0.0774. The molecule has 0 bridgehead atoms. The van der Waals surface area contributed by atoms with Crippen molar-refractivity contribution in [3.05, 3.63) is 23.0 Å². The van der Waals surface area contributed by atoms with E-state index in [1.165, 1.54) is 0 Å². The zero-order valence-corrected chi connectivity index (χ0v) is 5.02. The molecule has 0 unspecified atom stereocenters. The van der Waals surface area contributed by atoms with Crippen LogP contribution >= 0.6 is 0 Å². The molecule has 0 atom stereocenters. The van der Waals surface area contributed by atoms with Crippen LogP contribution in [0.1, 0.15) is 13.3 Å². The number of hydrogen-bond donors (Lipinski definition) is 0. The Balaban J connectivity index is 3.09. The fraction of sp³-hybridized carbons (Fsp3) is 0.333. The van der Waals surface area contributed by atoms with Crippen LogP contribution in [-0.4, -0.2) is 17.7 Å². The Morgan fingerprint density at radius 2 is 2.14 bits per heavy atom. The Morgan fingerprint density at radius 1 is 1.43 bits per heavy atom. The van der Waals surface area contributed by atoms with Gasteiger partial charge in [0.05, 0.1) is 0 Å². The molecule has 0 aliphatic carbocycles. The molecule has 7 heavy (non-hydrogen) atoms. The molecule has 0 fully saturated rings. The van der Waals surface area contributed by atoms with Gasteiger partial charge in [-0.05, 0) is 0 Å². The van der Waals surface area contributed by atoms with E-state index in [0.717, 1.165) is 6.42 Å². The molecule has 0 aromatic rings. The zero-order valence-electron chi connectivity index (χ0n) is 5.02. The summed E-state index contributed by atoms with van der Waals surface area (Å²) in [5.41, 5.74) is 0. The van der Waals surface area contributed by atoms with Crippen molar-refractivity contribution in [3.8, 4) is 0 Å². The predicted octanol–water partition coefficient (Wildman–Crippen LogP) is 1.63. The van der Waals surface area contributed by atoms with Gasteiger partial charge in [0.1, 0.15) is 0 Å². The van der Waals surface area contributed by atoms with Gasteiger partial charge in [0, 0.05) is 0 Å². The Bertz CT molecular complexity index is 72.2. The van der Waals surface area contributed by atoms with E-state index in [-0.39, 0.29) is 0 Å². The average Bonchev–Trinajstić information content (AvgIpc) is 1.69. The van der Waals surface area contributed by atoms with Crippen LogP contribution < -0.4 is 0 Å². The third kappa shape index (κ3) is 6.08. The molecule has 0 spiro atoms. The van der Waals surface area contributed by atoms with E-state index in [9.17, 15) is 0 Å². The number of rotatable bonds is 2. The van der Waals surface area contributed by atoms with E-state index >= 15 is 0 Å². The molecule has 0 aromatic heterocycles. The second-order valence-electron chi connectivity index (χ2n) is 1.36. The monoisotopic (exact) mass is 88.1 g/mol. The molecule has 0 rings (SSSR count). The third-order valence-electron chi connectivity index (χ3n) is 0.675. The molecule has 0 saturated carbocycles. The maximum absolute atomic E-state index is 2.12. The first-order chi connectivity index (χ1) is 3.41. The van der Waals surface area contributed by atoms with Crippen LogP contribution in [0.4, 0.5) is 0 Å². The maximum atomic E-state index is 2.12. The summed E-state index contributed by atoms with van der Waals surface area (Å²) >= 11 is 2.01. The molecular weight excluding hydrogens is 79.0 g/mol. The number of hydrogen-bond acceptors (Lipinski definition) is 0. The normalized spacial score (nSPS) is 11.9. The van der Waals surface area contributed by atoms with Crippen molar-refractivity contribution in [2.45, 2.75) is 13.3 Å². The van der Waals surface area contributed by atoms with Crippen molar-refractivity contribution in [1.82, 2.24) is 0 Å². The molecule has 0 aliphatic heterocycles. The van der Waals surface area contributed by atoms with Gasteiger partial charge in [-0.25, -0.2) is 0 Å². The topological polar surface area (TPSA) is 0 Å². The van der Waals surface area contributed by atoms with Gasteiger partial charge in [-0.3, -0.25) is 0 Å². The summed E-state index contributed by atoms with van der Waals surface area (Å²) in [6, 6.07) is 0. The van der Waals surface area contributed by atoms with Crippen molar-refractivity contribution in [2.24, 2.45) is 0 Å². The van der Waals surface area contributed by atoms with Gasteiger partial charge in [-0.1, -0.05) is 0 Å². The van der Waals surface area contributed by atoms with Gasteiger partial charge in [-0.2, -0.15) is 0 Å². The average molecular weight is 88.1 g/mol. The van der Waals surface area contributed by atoms with Gasteiger partial charge in [0.15, 0.2) is 0 Å². The van der Waals surface area contributed by atoms with Gasteiger partial charge in [0.25, 0.3) is 0 Å². The third-order valence-corrected chi connectivity index (χ3v) is 0.675. The van der Waals surface area contributed by atoms with Crippen LogP contribution in [0.15, 0.2) is 23.0 Å². The van der Waals surface area contributed by atoms with Gasteiger partial charge in [-0.15, -0.1) is 0 Å². The van der Waals surface area contributed by atoms with Crippen LogP contribution in [-0.2, 0) is 0 Å². The molecular formula is C6H9Li. The van der Waals surface area contributed by atoms with Crippen LogP contribution in [0.5, 0.6) is 0 Å². The molecule has 34 valence electrons. The van der Waals surface area contributed by atoms with Crippen LogP contribution in [0.25, 0.3) is 0 Å². The van der Waals surface area contributed by atoms with Crippen LogP contribution in [0.3, 0.4) is 0 Å². The van der Waals surface area contributed by atoms with Crippen molar-refractivity contribution in [1.29, 1.82) is 0 Å². The van der Waals surface area contributed by atoms with Crippen LogP contribution in [0.2, 0.25) is 0 Å². The van der Waals surface area contributed by atoms with Crippen molar-refractivity contribution in [2.75, 3.05) is 0 Å². The van der Waals surface area contributed by atoms with Gasteiger partial charge >= 0.3 is 54.0 Å². The molecule has 0 aliphatic rings. The van der Waals surface area contributed by atoms with Crippen LogP contribution in [0, 0.1) is 0 Å². The molecule has 1 heteroatoms. The quantitative estimate of drug-likeness (QED) is 0.355. The van der Waals surface area contributed by atoms with E-state index in [4.69, 9.17) is 0 Å². The summed E-state index contributed by atoms with van der Waals surface area (Å²) in [7, 11) is 0. The number of allylic oxidation sites excluding steroid dienone is 3. The Kier molecular flexibility index (Phi) is 6.14. The fourth-order valence-corrected chi connectivity index (χ4v) is 0.326. The van der Waals surface area contributed by atoms with E-state index in [2.05, 4.69) is 19.1 Å². The summed E-state index contributed by atoms with van der Waals surface area (Å²) in [6.45, 7) is 2.12. The van der Waals surface area contributed by atoms with Crippen molar-refractivity contribution in [3.63, 3.8) is 0 Å². The first-order valence-corrected chi connectivity index (χ1v) is 2.69. The Labute approximate surface area is 54.5 Å².